The second-order valence-electron chi connectivity index (χ2n) is 2.95. The third-order valence-electron chi connectivity index (χ3n) is 1.75. The number of rotatable bonds is 4. The first-order valence-corrected chi connectivity index (χ1v) is 6.11. The van der Waals surface area contributed by atoms with Gasteiger partial charge in [0.15, 0.2) is 0 Å². The molecule has 1 N–H and O–H groups in total. The van der Waals surface area contributed by atoms with Crippen molar-refractivity contribution in [1.82, 2.24) is 15.5 Å². The molecule has 0 saturated heterocycles. The molecule has 2 rings (SSSR count). The second kappa shape index (κ2) is 4.63. The van der Waals surface area contributed by atoms with Gasteiger partial charge in [0.05, 0.1) is 0 Å². The molecular formula is C9H11N3S2. The third kappa shape index (κ3) is 2.60. The van der Waals surface area contributed by atoms with Gasteiger partial charge in [-0.1, -0.05) is 0 Å². The molecule has 2 heterocycles. The Balaban J connectivity index is 1.78. The quantitative estimate of drug-likeness (QED) is 0.867. The van der Waals surface area contributed by atoms with Crippen molar-refractivity contribution in [2.75, 3.05) is 0 Å². The lowest BCUT2D eigenvalue weighted by Gasteiger charge is -1.98. The van der Waals surface area contributed by atoms with Gasteiger partial charge in [-0.25, -0.2) is 0 Å². The number of aryl methyl sites for hydroxylation is 1. The van der Waals surface area contributed by atoms with Gasteiger partial charge in [-0.2, -0.15) is 11.3 Å². The van der Waals surface area contributed by atoms with Crippen LogP contribution in [0.2, 0.25) is 0 Å². The lowest BCUT2D eigenvalue weighted by atomic mass is 10.3. The minimum Gasteiger partial charge on any atom is -0.306 e. The van der Waals surface area contributed by atoms with E-state index in [4.69, 9.17) is 0 Å². The first kappa shape index (κ1) is 9.76. The fourth-order valence-corrected chi connectivity index (χ4v) is 2.46. The monoisotopic (exact) mass is 225 g/mol. The van der Waals surface area contributed by atoms with Gasteiger partial charge < -0.3 is 5.32 Å². The van der Waals surface area contributed by atoms with Gasteiger partial charge in [-0.15, -0.1) is 21.5 Å². The zero-order valence-corrected chi connectivity index (χ0v) is 9.49. The number of hydrogen-bond acceptors (Lipinski definition) is 5. The smallest absolute Gasteiger partial charge is 0.131 e. The van der Waals surface area contributed by atoms with Gasteiger partial charge in [0.2, 0.25) is 0 Å². The fourth-order valence-electron chi connectivity index (χ4n) is 1.12. The van der Waals surface area contributed by atoms with Gasteiger partial charge in [-0.05, 0) is 29.3 Å². The molecule has 0 aromatic carbocycles. The van der Waals surface area contributed by atoms with Crippen molar-refractivity contribution in [1.29, 1.82) is 0 Å². The van der Waals surface area contributed by atoms with Crippen LogP contribution in [0.5, 0.6) is 0 Å². The van der Waals surface area contributed by atoms with Crippen LogP contribution in [0.15, 0.2) is 16.8 Å². The molecule has 0 atom stereocenters. The summed E-state index contributed by atoms with van der Waals surface area (Å²) in [6, 6.07) is 2.13. The maximum Gasteiger partial charge on any atom is 0.131 e. The van der Waals surface area contributed by atoms with Crippen molar-refractivity contribution in [3.63, 3.8) is 0 Å². The second-order valence-corrected chi connectivity index (χ2v) is 5.00. The van der Waals surface area contributed by atoms with E-state index in [9.17, 15) is 0 Å². The summed E-state index contributed by atoms with van der Waals surface area (Å²) in [5.41, 5.74) is 1.33. The molecule has 2 aromatic heterocycles. The van der Waals surface area contributed by atoms with Crippen molar-refractivity contribution >= 4 is 22.7 Å². The van der Waals surface area contributed by atoms with E-state index in [1.54, 1.807) is 22.7 Å². The number of aromatic nitrogens is 2. The highest BCUT2D eigenvalue weighted by Gasteiger charge is 1.99. The molecule has 0 aliphatic carbocycles. The van der Waals surface area contributed by atoms with Crippen LogP contribution in [0, 0.1) is 6.92 Å². The maximum absolute atomic E-state index is 4.04. The maximum atomic E-state index is 4.04. The van der Waals surface area contributed by atoms with E-state index in [1.807, 2.05) is 6.92 Å². The van der Waals surface area contributed by atoms with Gasteiger partial charge in [0.1, 0.15) is 10.0 Å². The topological polar surface area (TPSA) is 37.8 Å². The molecule has 74 valence electrons. The fraction of sp³-hybridized carbons (Fsp3) is 0.333. The summed E-state index contributed by atoms with van der Waals surface area (Å²) in [7, 11) is 0. The van der Waals surface area contributed by atoms with E-state index < -0.39 is 0 Å². The number of nitrogens with one attached hydrogen (secondary N) is 1. The Morgan fingerprint density at radius 3 is 2.93 bits per heavy atom. The van der Waals surface area contributed by atoms with Gasteiger partial charge >= 0.3 is 0 Å². The standard InChI is InChI=1S/C9H11N3S2/c1-7-11-12-9(14-7)5-10-4-8-2-3-13-6-8/h2-3,6,10H,4-5H2,1H3. The molecule has 2 aromatic rings. The Labute approximate surface area is 90.8 Å². The van der Waals surface area contributed by atoms with Crippen molar-refractivity contribution < 1.29 is 0 Å². The van der Waals surface area contributed by atoms with Crippen LogP contribution in [-0.2, 0) is 13.1 Å². The first-order chi connectivity index (χ1) is 6.84. The summed E-state index contributed by atoms with van der Waals surface area (Å²) in [6.45, 7) is 3.68. The predicted molar refractivity (Wildman–Crippen MR) is 59.5 cm³/mol. The van der Waals surface area contributed by atoms with E-state index in [-0.39, 0.29) is 0 Å². The zero-order chi connectivity index (χ0) is 9.80. The van der Waals surface area contributed by atoms with Crippen LogP contribution in [0.25, 0.3) is 0 Å². The number of nitrogens with zero attached hydrogens (tertiary/aromatic N) is 2. The lowest BCUT2D eigenvalue weighted by molar-refractivity contribution is 0.685. The Bertz CT molecular complexity index is 380. The molecule has 0 fully saturated rings. The largest absolute Gasteiger partial charge is 0.306 e. The summed E-state index contributed by atoms with van der Waals surface area (Å²) in [5, 5.41) is 17.7. The highest BCUT2D eigenvalue weighted by Crippen LogP contribution is 2.08. The molecule has 0 radical (unpaired) electrons. The Hall–Kier alpha value is -0.780. The van der Waals surface area contributed by atoms with Crippen molar-refractivity contribution in [3.8, 4) is 0 Å². The van der Waals surface area contributed by atoms with Crippen molar-refractivity contribution in [2.24, 2.45) is 0 Å². The minimum atomic E-state index is 0.807. The van der Waals surface area contributed by atoms with Crippen LogP contribution < -0.4 is 5.32 Å². The molecule has 0 saturated carbocycles. The average molecular weight is 225 g/mol. The normalized spacial score (nSPS) is 10.6. The summed E-state index contributed by atoms with van der Waals surface area (Å²) < 4.78 is 0. The molecule has 0 bridgehead atoms. The summed E-state index contributed by atoms with van der Waals surface area (Å²) in [6.07, 6.45) is 0. The van der Waals surface area contributed by atoms with Crippen LogP contribution in [0.3, 0.4) is 0 Å². The molecule has 0 unspecified atom stereocenters. The first-order valence-electron chi connectivity index (χ1n) is 4.35. The van der Waals surface area contributed by atoms with Gasteiger partial charge in [0.25, 0.3) is 0 Å². The number of thiophene rings is 1. The molecule has 0 spiro atoms. The molecule has 14 heavy (non-hydrogen) atoms. The molecule has 5 heteroatoms. The Kier molecular flexibility index (Phi) is 3.23. The highest BCUT2D eigenvalue weighted by molar-refractivity contribution is 7.11. The Morgan fingerprint density at radius 2 is 2.29 bits per heavy atom. The SMILES string of the molecule is Cc1nnc(CNCc2ccsc2)s1. The highest BCUT2D eigenvalue weighted by atomic mass is 32.1. The molecule has 0 aliphatic rings. The van der Waals surface area contributed by atoms with Gasteiger partial charge in [0, 0.05) is 13.1 Å². The van der Waals surface area contributed by atoms with Gasteiger partial charge in [-0.3, -0.25) is 0 Å². The van der Waals surface area contributed by atoms with Crippen LogP contribution >= 0.6 is 22.7 Å². The third-order valence-corrected chi connectivity index (χ3v) is 3.32. The van der Waals surface area contributed by atoms with Crippen LogP contribution in [0.4, 0.5) is 0 Å². The Morgan fingerprint density at radius 1 is 1.36 bits per heavy atom. The van der Waals surface area contributed by atoms with Crippen molar-refractivity contribution in [3.05, 3.63) is 32.4 Å². The van der Waals surface area contributed by atoms with Crippen molar-refractivity contribution in [2.45, 2.75) is 20.0 Å². The summed E-state index contributed by atoms with van der Waals surface area (Å²) in [4.78, 5) is 0. The molecular weight excluding hydrogens is 214 g/mol. The average Bonchev–Trinajstić information content (AvgIpc) is 2.77. The van der Waals surface area contributed by atoms with E-state index in [0.717, 1.165) is 23.1 Å². The van der Waals surface area contributed by atoms with E-state index in [2.05, 4.69) is 32.3 Å². The van der Waals surface area contributed by atoms with E-state index >= 15 is 0 Å². The molecule has 0 amide bonds. The van der Waals surface area contributed by atoms with Crippen LogP contribution in [-0.4, -0.2) is 10.2 Å². The minimum absolute atomic E-state index is 0.807. The van der Waals surface area contributed by atoms with E-state index in [0.29, 0.717) is 0 Å². The summed E-state index contributed by atoms with van der Waals surface area (Å²) >= 11 is 3.37. The molecule has 0 aliphatic heterocycles. The zero-order valence-electron chi connectivity index (χ0n) is 7.86. The van der Waals surface area contributed by atoms with E-state index in [1.165, 1.54) is 5.56 Å². The number of hydrogen-bond donors (Lipinski definition) is 1. The summed E-state index contributed by atoms with van der Waals surface area (Å²) in [5.74, 6) is 0. The molecule has 3 nitrogen and oxygen atoms in total. The van der Waals surface area contributed by atoms with Crippen LogP contribution in [0.1, 0.15) is 15.6 Å². The lowest BCUT2D eigenvalue weighted by Crippen LogP contribution is -2.11. The predicted octanol–water partition coefficient (Wildman–Crippen LogP) is 2.20.